The third-order valence-electron chi connectivity index (χ3n) is 8.16. The Morgan fingerprint density at radius 3 is 1.57 bits per heavy atom. The molecule has 0 unspecified atom stereocenters. The van der Waals surface area contributed by atoms with Gasteiger partial charge in [0.1, 0.15) is 13.2 Å². The number of allylic oxidation sites excluding steroid dienone is 2. The van der Waals surface area contributed by atoms with Gasteiger partial charge in [0.15, 0.2) is 11.6 Å². The summed E-state index contributed by atoms with van der Waals surface area (Å²) in [6.07, 6.45) is 9.03. The standard InChI is InChI=1S/C31H30O6/c1-19(32)36-15-7-13-25-27-28(30(35)24-12-6-5-11-23(24)29(27)34)26(14-8-16-37-20(2)33)31(25)17-21-9-3-4-10-22(21)18-31/h3-14,25-28H,15-18H2,1-2H3/b13-7-,14-8-/t25-,26+,27+,28-. The molecule has 0 radical (unpaired) electrons. The SMILES string of the molecule is CC(=O)OC/C=C\[C@@H]1[C@@H]2C(=O)c3ccccc3C(=O)[C@@H]2[C@H](/C=C\COC(C)=O)C12Cc1ccccc1C2. The summed E-state index contributed by atoms with van der Waals surface area (Å²) in [6, 6.07) is 15.3. The largest absolute Gasteiger partial charge is 0.462 e. The van der Waals surface area contributed by atoms with Crippen molar-refractivity contribution in [1.29, 1.82) is 0 Å². The minimum atomic E-state index is -0.534. The van der Waals surface area contributed by atoms with Crippen LogP contribution in [0, 0.1) is 29.1 Å². The Balaban J connectivity index is 1.63. The molecule has 2 aromatic carbocycles. The van der Waals surface area contributed by atoms with Gasteiger partial charge in [0.2, 0.25) is 0 Å². The fourth-order valence-corrected chi connectivity index (χ4v) is 6.81. The molecule has 6 nitrogen and oxygen atoms in total. The number of rotatable bonds is 6. The van der Waals surface area contributed by atoms with Crippen LogP contribution in [0.1, 0.15) is 45.7 Å². The first-order valence-electron chi connectivity index (χ1n) is 12.7. The summed E-state index contributed by atoms with van der Waals surface area (Å²) in [5.74, 6) is -2.34. The Morgan fingerprint density at radius 2 is 1.16 bits per heavy atom. The Hall–Kier alpha value is -3.80. The summed E-state index contributed by atoms with van der Waals surface area (Å²) in [6.45, 7) is 2.94. The van der Waals surface area contributed by atoms with E-state index in [0.717, 1.165) is 12.8 Å². The number of benzene rings is 2. The van der Waals surface area contributed by atoms with Crippen molar-refractivity contribution in [2.75, 3.05) is 13.2 Å². The highest BCUT2D eigenvalue weighted by atomic mass is 16.5. The van der Waals surface area contributed by atoms with Crippen LogP contribution < -0.4 is 0 Å². The van der Waals surface area contributed by atoms with Gasteiger partial charge in [-0.3, -0.25) is 19.2 Å². The molecular formula is C31H30O6. The highest BCUT2D eigenvalue weighted by Crippen LogP contribution is 2.63. The van der Waals surface area contributed by atoms with E-state index in [1.165, 1.54) is 25.0 Å². The molecule has 0 heterocycles. The lowest BCUT2D eigenvalue weighted by atomic mass is 9.67. The molecule has 190 valence electrons. The van der Waals surface area contributed by atoms with Gasteiger partial charge in [0, 0.05) is 36.8 Å². The second-order valence-corrected chi connectivity index (χ2v) is 10.2. The van der Waals surface area contributed by atoms with Gasteiger partial charge in [-0.25, -0.2) is 0 Å². The van der Waals surface area contributed by atoms with Crippen molar-refractivity contribution >= 4 is 23.5 Å². The number of Topliss-reactive ketones (excluding diaryl/α,β-unsaturated/α-hetero) is 2. The van der Waals surface area contributed by atoms with Crippen LogP contribution in [0.2, 0.25) is 0 Å². The van der Waals surface area contributed by atoms with Crippen LogP contribution in [0.25, 0.3) is 0 Å². The van der Waals surface area contributed by atoms with Crippen molar-refractivity contribution in [1.82, 2.24) is 0 Å². The molecule has 0 aliphatic heterocycles. The van der Waals surface area contributed by atoms with Gasteiger partial charge in [-0.1, -0.05) is 72.8 Å². The van der Waals surface area contributed by atoms with Crippen molar-refractivity contribution in [3.8, 4) is 0 Å². The van der Waals surface area contributed by atoms with E-state index in [2.05, 4.69) is 12.1 Å². The summed E-state index contributed by atoms with van der Waals surface area (Å²) >= 11 is 0. The molecule has 1 saturated carbocycles. The van der Waals surface area contributed by atoms with E-state index < -0.39 is 17.3 Å². The molecule has 4 atom stereocenters. The normalized spacial score (nSPS) is 25.4. The van der Waals surface area contributed by atoms with Crippen molar-refractivity contribution in [2.24, 2.45) is 29.1 Å². The zero-order chi connectivity index (χ0) is 26.2. The third-order valence-corrected chi connectivity index (χ3v) is 8.16. The van der Waals surface area contributed by atoms with Crippen molar-refractivity contribution in [2.45, 2.75) is 26.7 Å². The lowest BCUT2D eigenvalue weighted by Gasteiger charge is -2.35. The summed E-state index contributed by atoms with van der Waals surface area (Å²) in [7, 11) is 0. The number of fused-ring (bicyclic) bond motifs is 3. The van der Waals surface area contributed by atoms with Crippen LogP contribution in [0.3, 0.4) is 0 Å². The molecule has 2 aromatic rings. The minimum absolute atomic E-state index is 0.0199. The minimum Gasteiger partial charge on any atom is -0.462 e. The first-order chi connectivity index (χ1) is 17.8. The summed E-state index contributed by atoms with van der Waals surface area (Å²) in [5, 5.41) is 0. The van der Waals surface area contributed by atoms with Gasteiger partial charge >= 0.3 is 11.9 Å². The molecule has 0 N–H and O–H groups in total. The monoisotopic (exact) mass is 498 g/mol. The molecular weight excluding hydrogens is 468 g/mol. The maximum atomic E-state index is 14.0. The van der Waals surface area contributed by atoms with Gasteiger partial charge in [-0.2, -0.15) is 0 Å². The number of carbonyl (C=O) groups excluding carboxylic acids is 4. The number of esters is 2. The average Bonchev–Trinajstić information content (AvgIpc) is 3.38. The Morgan fingerprint density at radius 1 is 0.757 bits per heavy atom. The van der Waals surface area contributed by atoms with E-state index in [1.807, 2.05) is 24.3 Å². The van der Waals surface area contributed by atoms with Gasteiger partial charge in [-0.05, 0) is 41.2 Å². The second kappa shape index (κ2) is 9.92. The van der Waals surface area contributed by atoms with Crippen LogP contribution in [0.5, 0.6) is 0 Å². The average molecular weight is 499 g/mol. The van der Waals surface area contributed by atoms with Crippen LogP contribution in [0.4, 0.5) is 0 Å². The Labute approximate surface area is 216 Å². The number of hydrogen-bond donors (Lipinski definition) is 0. The number of ketones is 2. The lowest BCUT2D eigenvalue weighted by Crippen LogP contribution is -2.37. The third kappa shape index (κ3) is 4.35. The van der Waals surface area contributed by atoms with E-state index in [-0.39, 0.29) is 48.6 Å². The highest BCUT2D eigenvalue weighted by molar-refractivity contribution is 6.16. The molecule has 0 bridgehead atoms. The van der Waals surface area contributed by atoms with E-state index in [1.54, 1.807) is 36.4 Å². The molecule has 0 aromatic heterocycles. The van der Waals surface area contributed by atoms with Gasteiger partial charge in [0.25, 0.3) is 0 Å². The lowest BCUT2D eigenvalue weighted by molar-refractivity contribution is -0.140. The van der Waals surface area contributed by atoms with Crippen molar-refractivity contribution in [3.05, 3.63) is 95.1 Å². The molecule has 5 rings (SSSR count). The predicted molar refractivity (Wildman–Crippen MR) is 137 cm³/mol. The van der Waals surface area contributed by atoms with Crippen molar-refractivity contribution < 1.29 is 28.7 Å². The van der Waals surface area contributed by atoms with Gasteiger partial charge in [-0.15, -0.1) is 0 Å². The molecule has 0 saturated heterocycles. The smallest absolute Gasteiger partial charge is 0.302 e. The van der Waals surface area contributed by atoms with Crippen LogP contribution >= 0.6 is 0 Å². The quantitative estimate of drug-likeness (QED) is 0.428. The zero-order valence-corrected chi connectivity index (χ0v) is 21.0. The zero-order valence-electron chi connectivity index (χ0n) is 21.0. The van der Waals surface area contributed by atoms with E-state index in [0.29, 0.717) is 11.1 Å². The predicted octanol–water partition coefficient (Wildman–Crippen LogP) is 4.57. The first-order valence-corrected chi connectivity index (χ1v) is 12.7. The maximum absolute atomic E-state index is 14.0. The molecule has 6 heteroatoms. The fourth-order valence-electron chi connectivity index (χ4n) is 6.81. The molecule has 3 aliphatic rings. The number of carbonyl (C=O) groups is 4. The first kappa shape index (κ1) is 24.9. The van der Waals surface area contributed by atoms with Crippen LogP contribution in [-0.2, 0) is 31.9 Å². The van der Waals surface area contributed by atoms with Gasteiger partial charge < -0.3 is 9.47 Å². The molecule has 1 spiro atoms. The molecule has 0 amide bonds. The number of hydrogen-bond acceptors (Lipinski definition) is 6. The van der Waals surface area contributed by atoms with Crippen LogP contribution in [0.15, 0.2) is 72.8 Å². The second-order valence-electron chi connectivity index (χ2n) is 10.2. The summed E-state index contributed by atoms with van der Waals surface area (Å²) in [5.41, 5.74) is 2.96. The summed E-state index contributed by atoms with van der Waals surface area (Å²) in [4.78, 5) is 50.7. The van der Waals surface area contributed by atoms with Crippen LogP contribution in [-0.4, -0.2) is 36.7 Å². The van der Waals surface area contributed by atoms with E-state index >= 15 is 0 Å². The molecule has 3 aliphatic carbocycles. The Bertz CT molecular complexity index is 1220. The number of ether oxygens (including phenoxy) is 2. The highest BCUT2D eigenvalue weighted by Gasteiger charge is 2.65. The van der Waals surface area contributed by atoms with Gasteiger partial charge in [0.05, 0.1) is 0 Å². The van der Waals surface area contributed by atoms with Crippen molar-refractivity contribution in [3.63, 3.8) is 0 Å². The van der Waals surface area contributed by atoms with E-state index in [9.17, 15) is 19.2 Å². The van der Waals surface area contributed by atoms with E-state index in [4.69, 9.17) is 9.47 Å². The maximum Gasteiger partial charge on any atom is 0.302 e. The molecule has 37 heavy (non-hydrogen) atoms. The fraction of sp³-hybridized carbons (Fsp3) is 0.355. The Kier molecular flexibility index (Phi) is 6.67. The molecule has 1 fully saturated rings. The topological polar surface area (TPSA) is 86.7 Å². The summed E-state index contributed by atoms with van der Waals surface area (Å²) < 4.78 is 10.3.